The average Bonchev–Trinajstić information content (AvgIpc) is 2.89. The molecule has 6 nitrogen and oxygen atoms in total. The minimum Gasteiger partial charge on any atom is -0.377 e. The second-order valence-electron chi connectivity index (χ2n) is 5.57. The first kappa shape index (κ1) is 18.4. The highest BCUT2D eigenvalue weighted by molar-refractivity contribution is 7.88. The van der Waals surface area contributed by atoms with E-state index in [0.717, 1.165) is 31.9 Å². The second-order valence-corrected chi connectivity index (χ2v) is 7.55. The Bertz CT molecular complexity index is 413. The van der Waals surface area contributed by atoms with Crippen molar-refractivity contribution in [2.24, 2.45) is 0 Å². The Balaban J connectivity index is 2.68. The fourth-order valence-electron chi connectivity index (χ4n) is 2.48. The highest BCUT2D eigenvalue weighted by Gasteiger charge is 2.27. The van der Waals surface area contributed by atoms with Gasteiger partial charge >= 0.3 is 0 Å². The predicted molar refractivity (Wildman–Crippen MR) is 82.6 cm³/mol. The zero-order valence-electron chi connectivity index (χ0n) is 13.4. The van der Waals surface area contributed by atoms with Crippen LogP contribution in [-0.2, 0) is 19.6 Å². The van der Waals surface area contributed by atoms with E-state index in [-0.39, 0.29) is 25.1 Å². The SMILES string of the molecule is CCCN(CCC)C(=O)CN(CC1CCCO1)S(C)(=O)=O. The van der Waals surface area contributed by atoms with E-state index in [1.807, 2.05) is 13.8 Å². The molecule has 1 saturated heterocycles. The van der Waals surface area contributed by atoms with Crippen molar-refractivity contribution in [1.82, 2.24) is 9.21 Å². The molecule has 21 heavy (non-hydrogen) atoms. The highest BCUT2D eigenvalue weighted by Crippen LogP contribution is 2.15. The third-order valence-electron chi connectivity index (χ3n) is 3.55. The third-order valence-corrected chi connectivity index (χ3v) is 4.77. The topological polar surface area (TPSA) is 66.9 Å². The number of rotatable bonds is 9. The van der Waals surface area contributed by atoms with Gasteiger partial charge in [-0.3, -0.25) is 4.79 Å². The van der Waals surface area contributed by atoms with Crippen molar-refractivity contribution >= 4 is 15.9 Å². The minimum atomic E-state index is -3.41. The summed E-state index contributed by atoms with van der Waals surface area (Å²) in [5.74, 6) is -0.123. The molecule has 1 atom stereocenters. The molecule has 0 aromatic heterocycles. The lowest BCUT2D eigenvalue weighted by Crippen LogP contribution is -2.45. The van der Waals surface area contributed by atoms with E-state index < -0.39 is 10.0 Å². The van der Waals surface area contributed by atoms with E-state index in [1.165, 1.54) is 4.31 Å². The molecule has 0 aromatic carbocycles. The van der Waals surface area contributed by atoms with Crippen molar-refractivity contribution in [3.8, 4) is 0 Å². The molecule has 1 unspecified atom stereocenters. The van der Waals surface area contributed by atoms with E-state index in [4.69, 9.17) is 4.74 Å². The maximum atomic E-state index is 12.3. The van der Waals surface area contributed by atoms with Crippen molar-refractivity contribution in [2.45, 2.75) is 45.6 Å². The average molecular weight is 320 g/mol. The maximum Gasteiger partial charge on any atom is 0.237 e. The fourth-order valence-corrected chi connectivity index (χ4v) is 3.27. The van der Waals surface area contributed by atoms with Gasteiger partial charge in [0.25, 0.3) is 0 Å². The van der Waals surface area contributed by atoms with Crippen LogP contribution in [0.15, 0.2) is 0 Å². The monoisotopic (exact) mass is 320 g/mol. The fraction of sp³-hybridized carbons (Fsp3) is 0.929. The van der Waals surface area contributed by atoms with Crippen LogP contribution < -0.4 is 0 Å². The van der Waals surface area contributed by atoms with Crippen LogP contribution in [-0.4, -0.2) is 68.7 Å². The van der Waals surface area contributed by atoms with Crippen LogP contribution >= 0.6 is 0 Å². The van der Waals surface area contributed by atoms with Gasteiger partial charge in [0.1, 0.15) is 0 Å². The van der Waals surface area contributed by atoms with E-state index >= 15 is 0 Å². The van der Waals surface area contributed by atoms with E-state index in [1.54, 1.807) is 4.90 Å². The number of amides is 1. The molecule has 0 saturated carbocycles. The summed E-state index contributed by atoms with van der Waals surface area (Å²) >= 11 is 0. The molecule has 1 amide bonds. The summed E-state index contributed by atoms with van der Waals surface area (Å²) in [6, 6.07) is 0. The molecule has 7 heteroatoms. The number of carbonyl (C=O) groups is 1. The van der Waals surface area contributed by atoms with Gasteiger partial charge in [0.15, 0.2) is 0 Å². The molecule has 0 aromatic rings. The molecular formula is C14H28N2O4S. The van der Waals surface area contributed by atoms with E-state index in [2.05, 4.69) is 0 Å². The van der Waals surface area contributed by atoms with Crippen LogP contribution in [0.1, 0.15) is 39.5 Å². The molecule has 1 rings (SSSR count). The van der Waals surface area contributed by atoms with Crippen molar-refractivity contribution in [1.29, 1.82) is 0 Å². The van der Waals surface area contributed by atoms with Gasteiger partial charge in [0.2, 0.25) is 15.9 Å². The lowest BCUT2D eigenvalue weighted by atomic mass is 10.2. The van der Waals surface area contributed by atoms with Gasteiger partial charge in [0.05, 0.1) is 18.9 Å². The normalized spacial score (nSPS) is 19.1. The van der Waals surface area contributed by atoms with Gasteiger partial charge in [-0.1, -0.05) is 13.8 Å². The van der Waals surface area contributed by atoms with Gasteiger partial charge in [0, 0.05) is 26.2 Å². The zero-order chi connectivity index (χ0) is 15.9. The lowest BCUT2D eigenvalue weighted by Gasteiger charge is -2.27. The Morgan fingerprint density at radius 3 is 2.29 bits per heavy atom. The lowest BCUT2D eigenvalue weighted by molar-refractivity contribution is -0.131. The first-order valence-corrected chi connectivity index (χ1v) is 9.57. The predicted octanol–water partition coefficient (Wildman–Crippen LogP) is 1.08. The number of hydrogen-bond acceptors (Lipinski definition) is 4. The van der Waals surface area contributed by atoms with Crippen LogP contribution in [0.3, 0.4) is 0 Å². The molecule has 1 aliphatic rings. The molecular weight excluding hydrogens is 292 g/mol. The second kappa shape index (κ2) is 8.70. The van der Waals surface area contributed by atoms with E-state index in [0.29, 0.717) is 19.7 Å². The Hall–Kier alpha value is -0.660. The van der Waals surface area contributed by atoms with Gasteiger partial charge in [-0.25, -0.2) is 8.42 Å². The Morgan fingerprint density at radius 1 is 1.24 bits per heavy atom. The quantitative estimate of drug-likeness (QED) is 0.637. The summed E-state index contributed by atoms with van der Waals surface area (Å²) in [5.41, 5.74) is 0. The Kier molecular flexibility index (Phi) is 7.62. The molecule has 1 aliphatic heterocycles. The molecule has 0 aliphatic carbocycles. The molecule has 1 fully saturated rings. The van der Waals surface area contributed by atoms with Crippen molar-refractivity contribution in [2.75, 3.05) is 39.0 Å². The standard InChI is InChI=1S/C14H28N2O4S/c1-4-8-15(9-5-2)14(17)12-16(21(3,18)19)11-13-7-6-10-20-13/h13H,4-12H2,1-3H3. The van der Waals surface area contributed by atoms with Crippen molar-refractivity contribution in [3.63, 3.8) is 0 Å². The number of carbonyl (C=O) groups excluding carboxylic acids is 1. The molecule has 0 spiro atoms. The largest absolute Gasteiger partial charge is 0.377 e. The summed E-state index contributed by atoms with van der Waals surface area (Å²) in [7, 11) is -3.41. The van der Waals surface area contributed by atoms with Gasteiger partial charge < -0.3 is 9.64 Å². The highest BCUT2D eigenvalue weighted by atomic mass is 32.2. The van der Waals surface area contributed by atoms with Gasteiger partial charge in [-0.15, -0.1) is 0 Å². The van der Waals surface area contributed by atoms with Crippen LogP contribution in [0.4, 0.5) is 0 Å². The van der Waals surface area contributed by atoms with Crippen molar-refractivity contribution < 1.29 is 17.9 Å². The van der Waals surface area contributed by atoms with Crippen molar-refractivity contribution in [3.05, 3.63) is 0 Å². The number of nitrogens with zero attached hydrogens (tertiary/aromatic N) is 2. The summed E-state index contributed by atoms with van der Waals surface area (Å²) in [6.07, 6.45) is 4.62. The minimum absolute atomic E-state index is 0.0846. The Labute approximate surface area is 128 Å². The van der Waals surface area contributed by atoms with Crippen LogP contribution in [0.2, 0.25) is 0 Å². The first-order valence-electron chi connectivity index (χ1n) is 7.73. The maximum absolute atomic E-state index is 12.3. The first-order chi connectivity index (χ1) is 9.88. The third kappa shape index (κ3) is 6.32. The van der Waals surface area contributed by atoms with Gasteiger partial charge in [-0.05, 0) is 25.7 Å². The summed E-state index contributed by atoms with van der Waals surface area (Å²) in [5, 5.41) is 0. The van der Waals surface area contributed by atoms with Crippen LogP contribution in [0.5, 0.6) is 0 Å². The number of sulfonamides is 1. The summed E-state index contributed by atoms with van der Waals surface area (Å²) in [6.45, 7) is 6.23. The van der Waals surface area contributed by atoms with E-state index in [9.17, 15) is 13.2 Å². The smallest absolute Gasteiger partial charge is 0.237 e. The molecule has 0 bridgehead atoms. The van der Waals surface area contributed by atoms with Crippen LogP contribution in [0, 0.1) is 0 Å². The Morgan fingerprint density at radius 2 is 1.86 bits per heavy atom. The van der Waals surface area contributed by atoms with Crippen LogP contribution in [0.25, 0.3) is 0 Å². The number of hydrogen-bond donors (Lipinski definition) is 0. The molecule has 0 radical (unpaired) electrons. The summed E-state index contributed by atoms with van der Waals surface area (Å²) < 4.78 is 30.5. The molecule has 124 valence electrons. The number of ether oxygens (including phenoxy) is 1. The summed E-state index contributed by atoms with van der Waals surface area (Å²) in [4.78, 5) is 14.1. The van der Waals surface area contributed by atoms with Gasteiger partial charge in [-0.2, -0.15) is 4.31 Å². The zero-order valence-corrected chi connectivity index (χ0v) is 14.2. The molecule has 1 heterocycles. The molecule has 0 N–H and O–H groups in total.